The van der Waals surface area contributed by atoms with Gasteiger partial charge in [-0.3, -0.25) is 0 Å². The lowest BCUT2D eigenvalue weighted by Gasteiger charge is -2.25. The molecule has 1 aliphatic carbocycles. The first-order chi connectivity index (χ1) is 9.79. The van der Waals surface area contributed by atoms with Gasteiger partial charge in [0.25, 0.3) is 0 Å². The van der Waals surface area contributed by atoms with E-state index in [4.69, 9.17) is 22.3 Å². The number of nitrogens with two attached hydrogens (primary N) is 1. The molecule has 1 saturated carbocycles. The van der Waals surface area contributed by atoms with Crippen LogP contribution in [0.15, 0.2) is 22.7 Å². The minimum Gasteiger partial charge on any atom is -0.383 e. The lowest BCUT2D eigenvalue weighted by molar-refractivity contribution is 0.388. The van der Waals surface area contributed by atoms with Gasteiger partial charge in [-0.25, -0.2) is 4.98 Å². The summed E-state index contributed by atoms with van der Waals surface area (Å²) in [5, 5.41) is 0.686. The van der Waals surface area contributed by atoms with Gasteiger partial charge in [0.15, 0.2) is 0 Å². The average Bonchev–Trinajstić information content (AvgIpc) is 3.15. The zero-order valence-corrected chi connectivity index (χ0v) is 14.8. The highest BCUT2D eigenvalue weighted by molar-refractivity contribution is 9.10. The van der Waals surface area contributed by atoms with Crippen molar-refractivity contribution in [2.75, 3.05) is 5.73 Å². The van der Waals surface area contributed by atoms with Gasteiger partial charge in [0.05, 0.1) is 0 Å². The molecular formula is C16H19BrClN3. The molecule has 0 aliphatic heterocycles. The first-order valence-corrected chi connectivity index (χ1v) is 8.30. The van der Waals surface area contributed by atoms with Gasteiger partial charge in [0.1, 0.15) is 17.3 Å². The minimum absolute atomic E-state index is 0.0850. The maximum Gasteiger partial charge on any atom is 0.132 e. The lowest BCUT2D eigenvalue weighted by atomic mass is 10.1. The third-order valence-electron chi connectivity index (χ3n) is 3.74. The maximum absolute atomic E-state index is 6.44. The Labute approximate surface area is 138 Å². The Morgan fingerprint density at radius 3 is 2.57 bits per heavy atom. The molecule has 112 valence electrons. The topological polar surface area (TPSA) is 43.8 Å². The monoisotopic (exact) mass is 367 g/mol. The quantitative estimate of drug-likeness (QED) is 0.793. The maximum atomic E-state index is 6.44. The van der Waals surface area contributed by atoms with E-state index in [1.54, 1.807) is 0 Å². The number of halogens is 2. The summed E-state index contributed by atoms with van der Waals surface area (Å²) >= 11 is 9.71. The summed E-state index contributed by atoms with van der Waals surface area (Å²) in [5.74, 6) is 2.35. The van der Waals surface area contributed by atoms with E-state index in [0.29, 0.717) is 16.8 Å². The van der Waals surface area contributed by atoms with E-state index in [1.165, 1.54) is 12.8 Å². The number of anilines is 1. The van der Waals surface area contributed by atoms with E-state index < -0.39 is 0 Å². The number of nitrogen functional groups attached to an aromatic ring is 1. The summed E-state index contributed by atoms with van der Waals surface area (Å²) in [7, 11) is 0. The number of benzene rings is 1. The molecule has 2 N–H and O–H groups in total. The molecule has 1 aliphatic rings. The molecule has 1 aromatic carbocycles. The van der Waals surface area contributed by atoms with E-state index in [9.17, 15) is 0 Å². The molecular weight excluding hydrogens is 350 g/mol. The number of aromatic nitrogens is 2. The first-order valence-electron chi connectivity index (χ1n) is 7.13. The predicted octanol–water partition coefficient (Wildman–Crippen LogP) is 5.18. The van der Waals surface area contributed by atoms with E-state index in [2.05, 4.69) is 41.3 Å². The van der Waals surface area contributed by atoms with E-state index in [1.807, 2.05) is 18.2 Å². The molecule has 0 spiro atoms. The summed E-state index contributed by atoms with van der Waals surface area (Å²) in [5.41, 5.74) is 8.13. The number of nitrogens with zero attached hydrogens (tertiary/aromatic N) is 2. The second-order valence-corrected chi connectivity index (χ2v) is 7.90. The molecule has 1 aromatic heterocycles. The second kappa shape index (κ2) is 5.03. The van der Waals surface area contributed by atoms with Gasteiger partial charge in [-0.15, -0.1) is 0 Å². The second-order valence-electron chi connectivity index (χ2n) is 6.61. The van der Waals surface area contributed by atoms with Crippen molar-refractivity contribution in [3.63, 3.8) is 0 Å². The van der Waals surface area contributed by atoms with Crippen LogP contribution >= 0.6 is 27.5 Å². The molecule has 21 heavy (non-hydrogen) atoms. The van der Waals surface area contributed by atoms with Gasteiger partial charge in [-0.1, -0.05) is 27.5 Å². The molecule has 0 bridgehead atoms. The third kappa shape index (κ3) is 2.71. The molecule has 2 aromatic rings. The van der Waals surface area contributed by atoms with Gasteiger partial charge in [-0.2, -0.15) is 0 Å². The van der Waals surface area contributed by atoms with Gasteiger partial charge in [-0.05, 0) is 51.8 Å². The normalized spacial score (nSPS) is 15.5. The number of hydrogen-bond acceptors (Lipinski definition) is 2. The molecule has 0 unspecified atom stereocenters. The van der Waals surface area contributed by atoms with Crippen LogP contribution in [0.3, 0.4) is 0 Å². The molecule has 3 rings (SSSR count). The summed E-state index contributed by atoms with van der Waals surface area (Å²) in [6.45, 7) is 6.48. The Hall–Kier alpha value is -1.00. The van der Waals surface area contributed by atoms with Crippen LogP contribution in [0.5, 0.6) is 0 Å². The van der Waals surface area contributed by atoms with Gasteiger partial charge in [0.2, 0.25) is 0 Å². The molecule has 3 nitrogen and oxygen atoms in total. The SMILES string of the molecule is CC(C)(C)n1c(C2CC2)nc(-c2cc(Cl)ccc2Br)c1N. The van der Waals surface area contributed by atoms with Crippen molar-refractivity contribution in [3.05, 3.63) is 33.5 Å². The predicted molar refractivity (Wildman–Crippen MR) is 91.8 cm³/mol. The summed E-state index contributed by atoms with van der Waals surface area (Å²) in [6, 6.07) is 5.70. The van der Waals surface area contributed by atoms with Crippen LogP contribution in [0, 0.1) is 0 Å². The van der Waals surface area contributed by atoms with Gasteiger partial charge < -0.3 is 10.3 Å². The highest BCUT2D eigenvalue weighted by atomic mass is 79.9. The number of hydrogen-bond donors (Lipinski definition) is 1. The Bertz CT molecular complexity index is 696. The molecule has 1 heterocycles. The smallest absolute Gasteiger partial charge is 0.132 e. The largest absolute Gasteiger partial charge is 0.383 e. The standard InChI is InChI=1S/C16H19BrClN3/c1-16(2,3)21-14(19)13(20-15(21)9-4-5-9)11-8-10(18)6-7-12(11)17/h6-9H,4-5,19H2,1-3H3. The highest BCUT2D eigenvalue weighted by Crippen LogP contribution is 2.45. The Balaban J connectivity index is 2.22. The fraction of sp³-hybridized carbons (Fsp3) is 0.438. The van der Waals surface area contributed by atoms with Crippen LogP contribution in [-0.4, -0.2) is 9.55 Å². The molecule has 1 fully saturated rings. The molecule has 5 heteroatoms. The molecule has 0 saturated heterocycles. The molecule has 0 atom stereocenters. The Morgan fingerprint density at radius 2 is 2.00 bits per heavy atom. The van der Waals surface area contributed by atoms with Crippen LogP contribution < -0.4 is 5.73 Å². The van der Waals surface area contributed by atoms with Crippen LogP contribution in [0.1, 0.15) is 45.4 Å². The average molecular weight is 369 g/mol. The minimum atomic E-state index is -0.0850. The van der Waals surface area contributed by atoms with Crippen LogP contribution in [-0.2, 0) is 5.54 Å². The van der Waals surface area contributed by atoms with Crippen LogP contribution in [0.4, 0.5) is 5.82 Å². The van der Waals surface area contributed by atoms with Crippen molar-refractivity contribution in [1.82, 2.24) is 9.55 Å². The lowest BCUT2D eigenvalue weighted by Crippen LogP contribution is -2.25. The summed E-state index contributed by atoms with van der Waals surface area (Å²) in [4.78, 5) is 4.86. The summed E-state index contributed by atoms with van der Waals surface area (Å²) in [6.07, 6.45) is 2.39. The van der Waals surface area contributed by atoms with Crippen molar-refractivity contribution in [2.24, 2.45) is 0 Å². The van der Waals surface area contributed by atoms with Crippen molar-refractivity contribution < 1.29 is 0 Å². The number of imidazole rings is 1. The van der Waals surface area contributed by atoms with Crippen molar-refractivity contribution in [1.29, 1.82) is 0 Å². The Kier molecular flexibility index (Phi) is 3.57. The number of rotatable bonds is 2. The first kappa shape index (κ1) is 14.9. The van der Waals surface area contributed by atoms with Crippen molar-refractivity contribution in [2.45, 2.75) is 45.1 Å². The van der Waals surface area contributed by atoms with Crippen LogP contribution in [0.25, 0.3) is 11.3 Å². The summed E-state index contributed by atoms with van der Waals surface area (Å²) < 4.78 is 3.13. The van der Waals surface area contributed by atoms with Gasteiger partial charge >= 0.3 is 0 Å². The Morgan fingerprint density at radius 1 is 1.33 bits per heavy atom. The highest BCUT2D eigenvalue weighted by Gasteiger charge is 2.34. The fourth-order valence-corrected chi connectivity index (χ4v) is 3.26. The van der Waals surface area contributed by atoms with E-state index >= 15 is 0 Å². The zero-order valence-electron chi connectivity index (χ0n) is 12.5. The van der Waals surface area contributed by atoms with E-state index in [-0.39, 0.29) is 5.54 Å². The van der Waals surface area contributed by atoms with Crippen molar-refractivity contribution >= 4 is 33.3 Å². The van der Waals surface area contributed by atoms with Gasteiger partial charge in [0, 0.05) is 26.5 Å². The molecule has 0 amide bonds. The van der Waals surface area contributed by atoms with Crippen LogP contribution in [0.2, 0.25) is 5.02 Å². The van der Waals surface area contributed by atoms with Crippen molar-refractivity contribution in [3.8, 4) is 11.3 Å². The van der Waals surface area contributed by atoms with E-state index in [0.717, 1.165) is 21.6 Å². The third-order valence-corrected chi connectivity index (χ3v) is 4.66. The molecule has 0 radical (unpaired) electrons. The zero-order chi connectivity index (χ0) is 15.4. The fourth-order valence-electron chi connectivity index (χ4n) is 2.65.